The number of likely N-dealkylation sites (N-methyl/N-ethyl adjacent to an activating group) is 1. The fourth-order valence-electron chi connectivity index (χ4n) is 4.56. The molecule has 0 aliphatic heterocycles. The van der Waals surface area contributed by atoms with Crippen molar-refractivity contribution in [3.8, 4) is 11.1 Å². The summed E-state index contributed by atoms with van der Waals surface area (Å²) in [7, 11) is 1.90. The van der Waals surface area contributed by atoms with Crippen molar-refractivity contribution in [3.63, 3.8) is 0 Å². The molecule has 0 amide bonds. The molecular weight excluding hydrogens is 613 g/mol. The molecule has 3 N–H and O–H groups in total. The molecule has 1 aromatic heterocycles. The number of aryl methyl sites for hydroxylation is 2. The van der Waals surface area contributed by atoms with Gasteiger partial charge in [-0.3, -0.25) is 9.78 Å². The number of halogens is 2. The summed E-state index contributed by atoms with van der Waals surface area (Å²) in [6.45, 7) is 9.69. The van der Waals surface area contributed by atoms with E-state index >= 15 is 0 Å². The van der Waals surface area contributed by atoms with Gasteiger partial charge in [-0.2, -0.15) is 0 Å². The van der Waals surface area contributed by atoms with E-state index in [1.54, 1.807) is 6.20 Å². The lowest BCUT2D eigenvalue weighted by molar-refractivity contribution is -0.136. The summed E-state index contributed by atoms with van der Waals surface area (Å²) in [5.41, 5.74) is 3.66. The Morgan fingerprint density at radius 2 is 1.66 bits per heavy atom. The number of carboxylic acid groups (broad SMARTS) is 1. The van der Waals surface area contributed by atoms with Gasteiger partial charge in [0.15, 0.2) is 0 Å². The first-order chi connectivity index (χ1) is 20.9. The Labute approximate surface area is 278 Å². The van der Waals surface area contributed by atoms with Gasteiger partial charge in [0.1, 0.15) is 0 Å². The van der Waals surface area contributed by atoms with Gasteiger partial charge in [-0.05, 0) is 81.4 Å². The number of pyridine rings is 1. The molecule has 0 aliphatic rings. The number of carbonyl (C=O) groups is 1. The van der Waals surface area contributed by atoms with E-state index in [-0.39, 0.29) is 12.0 Å². The number of aromatic nitrogens is 1. The first kappa shape index (κ1) is 38.1. The second-order valence-corrected chi connectivity index (χ2v) is 13.7. The third kappa shape index (κ3) is 14.8. The van der Waals surface area contributed by atoms with Gasteiger partial charge in [0.25, 0.3) is 0 Å². The van der Waals surface area contributed by atoms with Gasteiger partial charge in [0, 0.05) is 42.5 Å². The van der Waals surface area contributed by atoms with Crippen LogP contribution in [0.15, 0.2) is 65.7 Å². The molecule has 0 bridgehead atoms. The third-order valence-corrected chi connectivity index (χ3v) is 9.00. The summed E-state index contributed by atoms with van der Waals surface area (Å²) in [6.07, 6.45) is 8.77. The van der Waals surface area contributed by atoms with Gasteiger partial charge in [-0.1, -0.05) is 92.7 Å². The molecule has 0 saturated heterocycles. The Hall–Kier alpha value is -2.13. The lowest BCUT2D eigenvalue weighted by Crippen LogP contribution is -2.45. The summed E-state index contributed by atoms with van der Waals surface area (Å²) in [4.78, 5) is 15.8. The minimum Gasteiger partial charge on any atom is -0.481 e. The largest absolute Gasteiger partial charge is 0.481 e. The highest BCUT2D eigenvalue weighted by atomic mass is 35.5. The highest BCUT2D eigenvalue weighted by Crippen LogP contribution is 2.39. The number of hydrogen-bond donors (Lipinski definition) is 3. The molecule has 44 heavy (non-hydrogen) atoms. The Kier molecular flexibility index (Phi) is 17.4. The van der Waals surface area contributed by atoms with Crippen molar-refractivity contribution in [2.24, 2.45) is 0 Å². The fourth-order valence-corrected chi connectivity index (χ4v) is 6.11. The number of β-amino-alcohol motifs (C(OH)–C–C–N with tert-alkyl or cyclic N) is 1. The van der Waals surface area contributed by atoms with Gasteiger partial charge in [-0.25, -0.2) is 4.31 Å². The van der Waals surface area contributed by atoms with Crippen LogP contribution in [0.1, 0.15) is 77.5 Å². The molecule has 2 aromatic carbocycles. The number of carboxylic acids is 1. The average Bonchev–Trinajstić information content (AvgIpc) is 2.98. The highest BCUT2D eigenvalue weighted by molar-refractivity contribution is 7.97. The number of hydrogen-bond acceptors (Lipinski definition) is 6. The Morgan fingerprint density at radius 3 is 2.20 bits per heavy atom. The van der Waals surface area contributed by atoms with E-state index in [1.807, 2.05) is 41.7 Å². The van der Waals surface area contributed by atoms with Crippen molar-refractivity contribution >= 4 is 41.1 Å². The van der Waals surface area contributed by atoms with E-state index in [1.165, 1.54) is 36.8 Å². The normalized spacial score (nSPS) is 12.1. The average molecular weight is 663 g/mol. The summed E-state index contributed by atoms with van der Waals surface area (Å²) >= 11 is 14.6. The Morgan fingerprint density at radius 1 is 1.00 bits per heavy atom. The summed E-state index contributed by atoms with van der Waals surface area (Å²) in [6, 6.07) is 17.9. The van der Waals surface area contributed by atoms with Crippen LogP contribution in [-0.4, -0.2) is 57.3 Å². The van der Waals surface area contributed by atoms with Gasteiger partial charge in [-0.15, -0.1) is 0 Å². The highest BCUT2D eigenvalue weighted by Gasteiger charge is 2.20. The second-order valence-electron chi connectivity index (χ2n) is 11.7. The number of unbranched alkanes of at least 4 members (excludes halogenated alkanes) is 2. The van der Waals surface area contributed by atoms with E-state index in [0.29, 0.717) is 29.6 Å². The summed E-state index contributed by atoms with van der Waals surface area (Å²) < 4.78 is 1.93. The Balaban J connectivity index is 0.00000125. The van der Waals surface area contributed by atoms with Crippen LogP contribution in [0.5, 0.6) is 0 Å². The number of nitrogens with zero attached hydrogens (tertiary/aromatic N) is 2. The molecule has 0 aliphatic carbocycles. The quantitative estimate of drug-likeness (QED) is 0.124. The monoisotopic (exact) mass is 661 g/mol. The summed E-state index contributed by atoms with van der Waals surface area (Å²) in [5.74, 6) is -0.848. The topological polar surface area (TPSA) is 85.7 Å². The van der Waals surface area contributed by atoms with Crippen molar-refractivity contribution in [2.45, 2.75) is 95.6 Å². The first-order valence-electron chi connectivity index (χ1n) is 15.5. The third-order valence-electron chi connectivity index (χ3n) is 7.10. The lowest BCUT2D eigenvalue weighted by Gasteiger charge is -2.29. The van der Waals surface area contributed by atoms with Crippen molar-refractivity contribution in [2.75, 3.05) is 20.1 Å². The van der Waals surface area contributed by atoms with Crippen LogP contribution < -0.4 is 5.32 Å². The molecule has 6 nitrogen and oxygen atoms in total. The predicted octanol–water partition coefficient (Wildman–Crippen LogP) is 8.96. The van der Waals surface area contributed by atoms with Gasteiger partial charge in [0.2, 0.25) is 0 Å². The molecule has 3 aromatic rings. The molecule has 9 heteroatoms. The minimum atomic E-state index is -0.848. The van der Waals surface area contributed by atoms with Crippen molar-refractivity contribution < 1.29 is 15.0 Å². The van der Waals surface area contributed by atoms with Crippen LogP contribution in [0.25, 0.3) is 11.1 Å². The number of aliphatic hydroxyl groups excluding tert-OH is 1. The maximum atomic E-state index is 10.8. The summed E-state index contributed by atoms with van der Waals surface area (Å²) in [5, 5.41) is 24.0. The minimum absolute atomic E-state index is 0.0424. The van der Waals surface area contributed by atoms with E-state index in [2.05, 4.69) is 62.3 Å². The molecule has 0 saturated carbocycles. The number of rotatable bonds is 17. The zero-order valence-corrected chi connectivity index (χ0v) is 29.1. The molecule has 3 rings (SSSR count). The predicted molar refractivity (Wildman–Crippen MR) is 187 cm³/mol. The lowest BCUT2D eigenvalue weighted by atomic mass is 9.95. The van der Waals surface area contributed by atoms with Crippen molar-refractivity contribution in [3.05, 3.63) is 82.1 Å². The second kappa shape index (κ2) is 20.1. The molecule has 1 unspecified atom stereocenters. The maximum Gasteiger partial charge on any atom is 0.303 e. The molecule has 242 valence electrons. The fraction of sp³-hybridized carbons (Fsp3) is 0.486. The zero-order chi connectivity index (χ0) is 32.5. The number of nitrogens with one attached hydrogen (secondary N) is 1. The maximum absolute atomic E-state index is 10.8. The van der Waals surface area contributed by atoms with E-state index in [0.717, 1.165) is 41.0 Å². The van der Waals surface area contributed by atoms with Gasteiger partial charge in [0.05, 0.1) is 27.5 Å². The SMILES string of the molecule is CCCCC.CN(CC(O)CNC(C)(C)CCCc1ccccc1)Sc1c(Cl)cc(-c2ccc(CCC(=O)O)nc2)cc1Cl. The molecule has 0 spiro atoms. The van der Waals surface area contributed by atoms with Crippen LogP contribution in [-0.2, 0) is 17.6 Å². The number of benzene rings is 2. The first-order valence-corrected chi connectivity index (χ1v) is 17.0. The van der Waals surface area contributed by atoms with Crippen LogP contribution >= 0.6 is 35.1 Å². The molecule has 0 fully saturated rings. The Bertz CT molecular complexity index is 1230. The van der Waals surface area contributed by atoms with Crippen molar-refractivity contribution in [1.82, 2.24) is 14.6 Å². The standard InChI is InChI=1S/C30H37Cl2N3O3S.C5H12/c1-30(2,15-7-10-21-8-5-4-6-9-21)34-19-25(36)20-35(3)39-29-26(31)16-23(17-27(29)32)22-11-12-24(33-18-22)13-14-28(37)38;1-3-5-4-2/h4-6,8-9,11-12,16-18,25,34,36H,7,10,13-15,19-20H2,1-3H3,(H,37,38);3-5H2,1-2H3. The van der Waals surface area contributed by atoms with Crippen molar-refractivity contribution in [1.29, 1.82) is 0 Å². The van der Waals surface area contributed by atoms with Crippen LogP contribution in [0.4, 0.5) is 0 Å². The van der Waals surface area contributed by atoms with Crippen LogP contribution in [0.3, 0.4) is 0 Å². The van der Waals surface area contributed by atoms with Crippen LogP contribution in [0.2, 0.25) is 10.0 Å². The molecular formula is C35H49Cl2N3O3S. The number of aliphatic carboxylic acids is 1. The van der Waals surface area contributed by atoms with Gasteiger partial charge < -0.3 is 15.5 Å². The zero-order valence-electron chi connectivity index (χ0n) is 26.8. The molecule has 1 atom stereocenters. The van der Waals surface area contributed by atoms with E-state index < -0.39 is 12.1 Å². The number of aliphatic hydroxyl groups is 1. The molecule has 0 radical (unpaired) electrons. The van der Waals surface area contributed by atoms with Crippen LogP contribution in [0, 0.1) is 0 Å². The van der Waals surface area contributed by atoms with E-state index in [4.69, 9.17) is 28.3 Å². The molecule has 1 heterocycles. The smallest absolute Gasteiger partial charge is 0.303 e. The van der Waals surface area contributed by atoms with Gasteiger partial charge >= 0.3 is 5.97 Å². The van der Waals surface area contributed by atoms with E-state index in [9.17, 15) is 9.90 Å².